The SMILES string of the molecule is CCOC(=O)COc1ccc(Oc2ccccc2)c([N+](=O)[O-])c1. The number of ether oxygens (including phenoxy) is 3. The molecule has 0 aromatic heterocycles. The van der Waals surface area contributed by atoms with Gasteiger partial charge >= 0.3 is 11.7 Å². The normalized spacial score (nSPS) is 9.96. The third-order valence-electron chi connectivity index (χ3n) is 2.76. The minimum Gasteiger partial charge on any atom is -0.482 e. The molecule has 0 N–H and O–H groups in total. The molecule has 2 rings (SSSR count). The molecule has 0 saturated carbocycles. The fourth-order valence-corrected chi connectivity index (χ4v) is 1.78. The van der Waals surface area contributed by atoms with E-state index in [1.165, 1.54) is 18.2 Å². The maximum absolute atomic E-state index is 11.2. The highest BCUT2D eigenvalue weighted by molar-refractivity contribution is 5.71. The maximum atomic E-state index is 11.2. The van der Waals surface area contributed by atoms with Crippen molar-refractivity contribution in [3.63, 3.8) is 0 Å². The van der Waals surface area contributed by atoms with E-state index in [2.05, 4.69) is 0 Å². The van der Waals surface area contributed by atoms with E-state index in [0.29, 0.717) is 5.75 Å². The molecule has 2 aromatic rings. The average Bonchev–Trinajstić information content (AvgIpc) is 2.55. The summed E-state index contributed by atoms with van der Waals surface area (Å²) in [6.45, 7) is 1.61. The molecule has 120 valence electrons. The van der Waals surface area contributed by atoms with Crippen LogP contribution in [0.25, 0.3) is 0 Å². The van der Waals surface area contributed by atoms with Crippen LogP contribution in [0.15, 0.2) is 48.5 Å². The number of esters is 1. The second-order valence-corrected chi connectivity index (χ2v) is 4.40. The van der Waals surface area contributed by atoms with Crippen LogP contribution in [0.3, 0.4) is 0 Å². The first-order valence-electron chi connectivity index (χ1n) is 6.90. The number of carbonyl (C=O) groups excluding carboxylic acids is 1. The molecule has 0 bridgehead atoms. The van der Waals surface area contributed by atoms with Crippen molar-refractivity contribution in [3.05, 3.63) is 58.6 Å². The summed E-state index contributed by atoms with van der Waals surface area (Å²) in [6.07, 6.45) is 0. The number of nitro benzene ring substituents is 1. The number of hydrogen-bond donors (Lipinski definition) is 0. The first-order chi connectivity index (χ1) is 11.1. The molecule has 0 radical (unpaired) electrons. The highest BCUT2D eigenvalue weighted by Crippen LogP contribution is 2.34. The van der Waals surface area contributed by atoms with E-state index in [0.717, 1.165) is 0 Å². The summed E-state index contributed by atoms with van der Waals surface area (Å²) in [5.41, 5.74) is -0.254. The topological polar surface area (TPSA) is 87.9 Å². The Kier molecular flexibility index (Phi) is 5.51. The monoisotopic (exact) mass is 317 g/mol. The van der Waals surface area contributed by atoms with E-state index < -0.39 is 10.9 Å². The zero-order valence-corrected chi connectivity index (χ0v) is 12.4. The third kappa shape index (κ3) is 4.70. The Morgan fingerprint density at radius 3 is 2.52 bits per heavy atom. The third-order valence-corrected chi connectivity index (χ3v) is 2.76. The van der Waals surface area contributed by atoms with Gasteiger partial charge < -0.3 is 14.2 Å². The first kappa shape index (κ1) is 16.3. The summed E-state index contributed by atoms with van der Waals surface area (Å²) in [6, 6.07) is 12.8. The van der Waals surface area contributed by atoms with Gasteiger partial charge in [-0.2, -0.15) is 0 Å². The molecule has 2 aromatic carbocycles. The lowest BCUT2D eigenvalue weighted by Gasteiger charge is -2.09. The van der Waals surface area contributed by atoms with Gasteiger partial charge in [0.15, 0.2) is 6.61 Å². The highest BCUT2D eigenvalue weighted by atomic mass is 16.6. The standard InChI is InChI=1S/C16H15NO6/c1-2-21-16(18)11-22-13-8-9-15(14(10-13)17(19)20)23-12-6-4-3-5-7-12/h3-10H,2,11H2,1H3. The van der Waals surface area contributed by atoms with Crippen molar-refractivity contribution < 1.29 is 23.9 Å². The van der Waals surface area contributed by atoms with Gasteiger partial charge in [-0.3, -0.25) is 10.1 Å². The Morgan fingerprint density at radius 1 is 1.13 bits per heavy atom. The van der Waals surface area contributed by atoms with Crippen molar-refractivity contribution in [2.24, 2.45) is 0 Å². The lowest BCUT2D eigenvalue weighted by molar-refractivity contribution is -0.385. The van der Waals surface area contributed by atoms with E-state index in [9.17, 15) is 14.9 Å². The van der Waals surface area contributed by atoms with Gasteiger partial charge in [0, 0.05) is 0 Å². The summed E-state index contributed by atoms with van der Waals surface area (Å²) in [4.78, 5) is 21.8. The van der Waals surface area contributed by atoms with E-state index in [1.807, 2.05) is 6.07 Å². The molecule has 0 aliphatic carbocycles. The molecular formula is C16H15NO6. The number of nitrogens with zero attached hydrogens (tertiary/aromatic N) is 1. The summed E-state index contributed by atoms with van der Waals surface area (Å²) in [5.74, 6) is 0.213. The van der Waals surface area contributed by atoms with E-state index >= 15 is 0 Å². The Labute approximate surface area is 132 Å². The fourth-order valence-electron chi connectivity index (χ4n) is 1.78. The first-order valence-corrected chi connectivity index (χ1v) is 6.90. The molecule has 7 nitrogen and oxygen atoms in total. The van der Waals surface area contributed by atoms with Crippen molar-refractivity contribution in [2.45, 2.75) is 6.92 Å². The molecular weight excluding hydrogens is 302 g/mol. The Bertz CT molecular complexity index is 686. The van der Waals surface area contributed by atoms with Crippen LogP contribution in [-0.4, -0.2) is 24.1 Å². The molecule has 7 heteroatoms. The molecule has 0 spiro atoms. The Balaban J connectivity index is 2.15. The van der Waals surface area contributed by atoms with E-state index in [-0.39, 0.29) is 30.4 Å². The van der Waals surface area contributed by atoms with Crippen LogP contribution < -0.4 is 9.47 Å². The van der Waals surface area contributed by atoms with Crippen LogP contribution in [0, 0.1) is 10.1 Å². The molecule has 0 aliphatic heterocycles. The zero-order chi connectivity index (χ0) is 16.7. The highest BCUT2D eigenvalue weighted by Gasteiger charge is 2.18. The van der Waals surface area contributed by atoms with Crippen molar-refractivity contribution >= 4 is 11.7 Å². The molecule has 0 saturated heterocycles. The predicted octanol–water partition coefficient (Wildman–Crippen LogP) is 3.33. The second kappa shape index (κ2) is 7.79. The van der Waals surface area contributed by atoms with Crippen LogP contribution in [0.4, 0.5) is 5.69 Å². The molecule has 0 amide bonds. The number of hydrogen-bond acceptors (Lipinski definition) is 6. The smallest absolute Gasteiger partial charge is 0.344 e. The van der Waals surface area contributed by atoms with Gasteiger partial charge in [-0.05, 0) is 31.2 Å². The summed E-state index contributed by atoms with van der Waals surface area (Å²) < 4.78 is 15.4. The van der Waals surface area contributed by atoms with Gasteiger partial charge in [-0.15, -0.1) is 0 Å². The van der Waals surface area contributed by atoms with Crippen LogP contribution >= 0.6 is 0 Å². The number of benzene rings is 2. The predicted molar refractivity (Wildman–Crippen MR) is 81.7 cm³/mol. The number of carbonyl (C=O) groups is 1. The lowest BCUT2D eigenvalue weighted by Crippen LogP contribution is -2.14. The molecule has 0 atom stereocenters. The van der Waals surface area contributed by atoms with Gasteiger partial charge in [0.1, 0.15) is 11.5 Å². The van der Waals surface area contributed by atoms with Crippen LogP contribution in [0.1, 0.15) is 6.92 Å². The molecule has 0 unspecified atom stereocenters. The van der Waals surface area contributed by atoms with Crippen LogP contribution in [0.2, 0.25) is 0 Å². The second-order valence-electron chi connectivity index (χ2n) is 4.40. The molecule has 0 aliphatic rings. The number of nitro groups is 1. The minimum absolute atomic E-state index is 0.0877. The van der Waals surface area contributed by atoms with E-state index in [1.54, 1.807) is 31.2 Å². The number of rotatable bonds is 7. The van der Waals surface area contributed by atoms with Crippen molar-refractivity contribution in [1.29, 1.82) is 0 Å². The van der Waals surface area contributed by atoms with Crippen LogP contribution in [0.5, 0.6) is 17.2 Å². The Hall–Kier alpha value is -3.09. The van der Waals surface area contributed by atoms with Gasteiger partial charge in [0.25, 0.3) is 0 Å². The molecule has 0 heterocycles. The Morgan fingerprint density at radius 2 is 1.87 bits per heavy atom. The quantitative estimate of drug-likeness (QED) is 0.442. The minimum atomic E-state index is -0.574. The van der Waals surface area contributed by atoms with Crippen molar-refractivity contribution in [3.8, 4) is 17.2 Å². The molecule has 23 heavy (non-hydrogen) atoms. The fraction of sp³-hybridized carbons (Fsp3) is 0.188. The van der Waals surface area contributed by atoms with Crippen molar-refractivity contribution in [1.82, 2.24) is 0 Å². The largest absolute Gasteiger partial charge is 0.482 e. The van der Waals surface area contributed by atoms with Crippen molar-refractivity contribution in [2.75, 3.05) is 13.2 Å². The summed E-state index contributed by atoms with van der Waals surface area (Å²) in [5, 5.41) is 11.2. The van der Waals surface area contributed by atoms with E-state index in [4.69, 9.17) is 14.2 Å². The molecule has 0 fully saturated rings. The lowest BCUT2D eigenvalue weighted by atomic mass is 10.2. The maximum Gasteiger partial charge on any atom is 0.344 e. The van der Waals surface area contributed by atoms with Gasteiger partial charge in [-0.25, -0.2) is 4.79 Å². The van der Waals surface area contributed by atoms with Gasteiger partial charge in [0.2, 0.25) is 5.75 Å². The zero-order valence-electron chi connectivity index (χ0n) is 12.4. The summed E-state index contributed by atoms with van der Waals surface area (Å²) in [7, 11) is 0. The summed E-state index contributed by atoms with van der Waals surface area (Å²) >= 11 is 0. The van der Waals surface area contributed by atoms with Gasteiger partial charge in [-0.1, -0.05) is 18.2 Å². The van der Waals surface area contributed by atoms with Gasteiger partial charge in [0.05, 0.1) is 17.6 Å². The average molecular weight is 317 g/mol. The van der Waals surface area contributed by atoms with Crippen LogP contribution in [-0.2, 0) is 9.53 Å². The number of para-hydroxylation sites is 1.